The van der Waals surface area contributed by atoms with Gasteiger partial charge in [-0.25, -0.2) is 13.8 Å². The lowest BCUT2D eigenvalue weighted by atomic mass is 10.1. The number of nitrogens with one attached hydrogen (secondary N) is 1. The van der Waals surface area contributed by atoms with Crippen molar-refractivity contribution >= 4 is 5.65 Å². The Balaban J connectivity index is 2.25. The Morgan fingerprint density at radius 2 is 1.92 bits per heavy atom. The molecule has 1 aromatic carbocycles. The summed E-state index contributed by atoms with van der Waals surface area (Å²) in [6.45, 7) is 1.42. The van der Waals surface area contributed by atoms with E-state index in [0.717, 1.165) is 6.07 Å². The van der Waals surface area contributed by atoms with Gasteiger partial charge >= 0.3 is 11.7 Å². The van der Waals surface area contributed by atoms with Crippen LogP contribution < -0.4 is 10.3 Å². The van der Waals surface area contributed by atoms with Gasteiger partial charge in [0.05, 0.1) is 18.4 Å². The Morgan fingerprint density at radius 1 is 1.24 bits per heavy atom. The van der Waals surface area contributed by atoms with Crippen LogP contribution in [0, 0.1) is 18.6 Å². The summed E-state index contributed by atoms with van der Waals surface area (Å²) in [7, 11) is 1.23. The van der Waals surface area contributed by atoms with Gasteiger partial charge in [-0.1, -0.05) is 0 Å². The number of benzene rings is 1. The Hall–Kier alpha value is -2.91. The molecule has 3 aromatic rings. The topological polar surface area (TPSA) is 59.4 Å². The van der Waals surface area contributed by atoms with E-state index in [-0.39, 0.29) is 17.5 Å². The van der Waals surface area contributed by atoms with Crippen molar-refractivity contribution in [3.05, 3.63) is 51.4 Å². The number of hydrogen-bond acceptors (Lipinski definition) is 3. The van der Waals surface area contributed by atoms with Crippen LogP contribution in [0.25, 0.3) is 16.9 Å². The van der Waals surface area contributed by atoms with Gasteiger partial charge in [-0.3, -0.25) is 9.89 Å². The van der Waals surface area contributed by atoms with Crippen LogP contribution in [0.5, 0.6) is 5.75 Å². The number of rotatable bonds is 2. The molecule has 10 heteroatoms. The number of methoxy groups -OCH3 is 1. The molecule has 0 aliphatic carbocycles. The van der Waals surface area contributed by atoms with Crippen LogP contribution in [0.4, 0.5) is 22.0 Å². The van der Waals surface area contributed by atoms with Gasteiger partial charge in [-0.05, 0) is 25.1 Å². The van der Waals surface area contributed by atoms with E-state index in [2.05, 4.69) is 10.1 Å². The van der Waals surface area contributed by atoms with Gasteiger partial charge in [-0.2, -0.15) is 17.7 Å². The molecule has 0 aliphatic rings. The average Bonchev–Trinajstić information content (AvgIpc) is 2.84. The summed E-state index contributed by atoms with van der Waals surface area (Å²) < 4.78 is 72.0. The van der Waals surface area contributed by atoms with Crippen LogP contribution in [0.1, 0.15) is 11.3 Å². The highest BCUT2D eigenvalue weighted by molar-refractivity contribution is 5.66. The molecule has 0 amide bonds. The Labute approximate surface area is 136 Å². The molecule has 2 heterocycles. The van der Waals surface area contributed by atoms with Crippen molar-refractivity contribution in [3.8, 4) is 17.0 Å². The molecule has 1 N–H and O–H groups in total. The molecule has 5 nitrogen and oxygen atoms in total. The third-order valence-corrected chi connectivity index (χ3v) is 3.62. The van der Waals surface area contributed by atoms with E-state index in [1.165, 1.54) is 14.0 Å². The van der Waals surface area contributed by atoms with Gasteiger partial charge in [0.15, 0.2) is 11.5 Å². The van der Waals surface area contributed by atoms with Crippen LogP contribution in [0.3, 0.4) is 0 Å². The zero-order valence-corrected chi connectivity index (χ0v) is 12.8. The SMILES string of the molecule is COc1c(C)nc2c(F)c(-c3ccc(C(F)(F)F)cc3F)[nH]n2c1=O. The van der Waals surface area contributed by atoms with Crippen LogP contribution in [0.2, 0.25) is 0 Å². The second-order valence-corrected chi connectivity index (χ2v) is 5.19. The lowest BCUT2D eigenvalue weighted by molar-refractivity contribution is -0.137. The summed E-state index contributed by atoms with van der Waals surface area (Å²) in [6, 6.07) is 1.65. The number of fused-ring (bicyclic) bond motifs is 1. The molecular formula is C15H10F5N3O2. The molecule has 0 spiro atoms. The number of nitrogens with zero attached hydrogens (tertiary/aromatic N) is 2. The zero-order chi connectivity index (χ0) is 18.5. The van der Waals surface area contributed by atoms with Gasteiger partial charge in [0.2, 0.25) is 5.75 Å². The van der Waals surface area contributed by atoms with Gasteiger partial charge in [0.25, 0.3) is 0 Å². The highest BCUT2D eigenvalue weighted by Crippen LogP contribution is 2.33. The number of aryl methyl sites for hydroxylation is 1. The molecule has 0 bridgehead atoms. The maximum atomic E-state index is 14.5. The lowest BCUT2D eigenvalue weighted by Gasteiger charge is -2.08. The quantitative estimate of drug-likeness (QED) is 0.715. The molecule has 0 saturated heterocycles. The monoisotopic (exact) mass is 359 g/mol. The summed E-state index contributed by atoms with van der Waals surface area (Å²) in [5.74, 6) is -2.50. The van der Waals surface area contributed by atoms with Gasteiger partial charge < -0.3 is 4.74 Å². The molecule has 25 heavy (non-hydrogen) atoms. The van der Waals surface area contributed by atoms with Crippen molar-refractivity contribution in [2.75, 3.05) is 7.11 Å². The van der Waals surface area contributed by atoms with E-state index in [4.69, 9.17) is 4.74 Å². The number of hydrogen-bond donors (Lipinski definition) is 1. The predicted molar refractivity (Wildman–Crippen MR) is 77.5 cm³/mol. The molecule has 0 unspecified atom stereocenters. The van der Waals surface area contributed by atoms with Crippen molar-refractivity contribution in [1.29, 1.82) is 0 Å². The summed E-state index contributed by atoms with van der Waals surface area (Å²) in [4.78, 5) is 16.1. The van der Waals surface area contributed by atoms with E-state index in [0.29, 0.717) is 10.6 Å². The Bertz CT molecular complexity index is 1040. The molecule has 0 radical (unpaired) electrons. The van der Waals surface area contributed by atoms with E-state index >= 15 is 0 Å². The zero-order valence-electron chi connectivity index (χ0n) is 12.8. The maximum Gasteiger partial charge on any atom is 0.416 e. The number of aromatic amines is 1. The number of aromatic nitrogens is 3. The fourth-order valence-corrected chi connectivity index (χ4v) is 2.44. The van der Waals surface area contributed by atoms with Crippen molar-refractivity contribution in [2.24, 2.45) is 0 Å². The third-order valence-electron chi connectivity index (χ3n) is 3.62. The normalized spacial score (nSPS) is 12.0. The molecule has 2 aromatic heterocycles. The van der Waals surface area contributed by atoms with Gasteiger partial charge in [-0.15, -0.1) is 0 Å². The van der Waals surface area contributed by atoms with E-state index in [1.54, 1.807) is 0 Å². The summed E-state index contributed by atoms with van der Waals surface area (Å²) in [5, 5.41) is 2.31. The molecule has 132 valence electrons. The highest BCUT2D eigenvalue weighted by Gasteiger charge is 2.32. The van der Waals surface area contributed by atoms with Crippen LogP contribution in [-0.2, 0) is 6.18 Å². The predicted octanol–water partition coefficient (Wildman–Crippen LogP) is 3.30. The number of alkyl halides is 3. The maximum absolute atomic E-state index is 14.5. The highest BCUT2D eigenvalue weighted by atomic mass is 19.4. The van der Waals surface area contributed by atoms with Crippen molar-refractivity contribution in [2.45, 2.75) is 13.1 Å². The lowest BCUT2D eigenvalue weighted by Crippen LogP contribution is -2.18. The van der Waals surface area contributed by atoms with Gasteiger partial charge in [0, 0.05) is 5.56 Å². The second-order valence-electron chi connectivity index (χ2n) is 5.19. The second kappa shape index (κ2) is 5.57. The summed E-state index contributed by atoms with van der Waals surface area (Å²) in [6.07, 6.45) is -4.73. The fraction of sp³-hybridized carbons (Fsp3) is 0.200. The van der Waals surface area contributed by atoms with Crippen molar-refractivity contribution < 1.29 is 26.7 Å². The van der Waals surface area contributed by atoms with Crippen LogP contribution in [-0.4, -0.2) is 21.7 Å². The molecule has 0 fully saturated rings. The van der Waals surface area contributed by atoms with Crippen LogP contribution >= 0.6 is 0 Å². The van der Waals surface area contributed by atoms with Crippen molar-refractivity contribution in [3.63, 3.8) is 0 Å². The Kier molecular flexibility index (Phi) is 3.77. The molecule has 3 rings (SSSR count). The van der Waals surface area contributed by atoms with Gasteiger partial charge in [0.1, 0.15) is 11.5 Å². The minimum absolute atomic E-state index is 0.116. The first-order chi connectivity index (χ1) is 11.6. The van der Waals surface area contributed by atoms with Crippen LogP contribution in [0.15, 0.2) is 23.0 Å². The average molecular weight is 359 g/mol. The minimum Gasteiger partial charge on any atom is -0.490 e. The smallest absolute Gasteiger partial charge is 0.416 e. The molecule has 0 atom stereocenters. The van der Waals surface area contributed by atoms with E-state index in [9.17, 15) is 26.7 Å². The number of ether oxygens (including phenoxy) is 1. The minimum atomic E-state index is -4.73. The first kappa shape index (κ1) is 16.9. The Morgan fingerprint density at radius 3 is 2.48 bits per heavy atom. The van der Waals surface area contributed by atoms with E-state index in [1.807, 2.05) is 0 Å². The number of H-pyrrole nitrogens is 1. The molecular weight excluding hydrogens is 349 g/mol. The summed E-state index contributed by atoms with van der Waals surface area (Å²) >= 11 is 0. The van der Waals surface area contributed by atoms with Crippen molar-refractivity contribution in [1.82, 2.24) is 14.6 Å². The molecule has 0 aliphatic heterocycles. The summed E-state index contributed by atoms with van der Waals surface area (Å²) in [5.41, 5.74) is -3.24. The standard InChI is InChI=1S/C15H10F5N3O2/c1-6-12(25-2)14(24)23-13(21-6)10(17)11(22-23)8-4-3-7(5-9(8)16)15(18,19)20/h3-5,22H,1-2H3. The number of halogens is 5. The third kappa shape index (κ3) is 2.63. The molecule has 0 saturated carbocycles. The largest absolute Gasteiger partial charge is 0.490 e. The first-order valence-electron chi connectivity index (χ1n) is 6.87. The fourth-order valence-electron chi connectivity index (χ4n) is 2.44. The first-order valence-corrected chi connectivity index (χ1v) is 6.87. The van der Waals surface area contributed by atoms with E-state index < -0.39 is 45.8 Å².